The van der Waals surface area contributed by atoms with Crippen LogP contribution >= 0.6 is 0 Å². The van der Waals surface area contributed by atoms with Gasteiger partial charge in [0.25, 0.3) is 0 Å². The molecule has 2 rings (SSSR count). The average Bonchev–Trinajstić information content (AvgIpc) is 2.83. The molecule has 1 aromatic heterocycles. The Morgan fingerprint density at radius 1 is 1.60 bits per heavy atom. The monoisotopic (exact) mass is 210 g/mol. The summed E-state index contributed by atoms with van der Waals surface area (Å²) in [7, 11) is 3.69. The molecule has 1 fully saturated rings. The molecule has 1 N–H and O–H groups in total. The van der Waals surface area contributed by atoms with Crippen LogP contribution in [0, 0.1) is 0 Å². The van der Waals surface area contributed by atoms with Crippen LogP contribution in [0.15, 0.2) is 6.33 Å². The van der Waals surface area contributed by atoms with Gasteiger partial charge in [0.2, 0.25) is 0 Å². The van der Waals surface area contributed by atoms with Gasteiger partial charge >= 0.3 is 0 Å². The van der Waals surface area contributed by atoms with Crippen LogP contribution in [-0.4, -0.2) is 34.0 Å². The van der Waals surface area contributed by atoms with E-state index in [0.29, 0.717) is 12.1 Å². The van der Waals surface area contributed by atoms with Gasteiger partial charge in [-0.2, -0.15) is 5.10 Å². The van der Waals surface area contributed by atoms with E-state index in [1.54, 1.807) is 18.1 Å². The fraction of sp³-hybridized carbons (Fsp3) is 0.800. The highest BCUT2D eigenvalue weighted by molar-refractivity contribution is 4.88. The molecule has 5 nitrogen and oxygen atoms in total. The maximum Gasteiger partial charge on any atom is 0.140 e. The van der Waals surface area contributed by atoms with Crippen LogP contribution in [-0.2, 0) is 18.3 Å². The first-order valence-corrected chi connectivity index (χ1v) is 5.40. The van der Waals surface area contributed by atoms with Crippen LogP contribution in [0.5, 0.6) is 0 Å². The van der Waals surface area contributed by atoms with Crippen molar-refractivity contribution in [1.82, 2.24) is 20.1 Å². The molecule has 15 heavy (non-hydrogen) atoms. The molecule has 2 atom stereocenters. The standard InChI is InChI=1S/C10H18N4O/c1-14-10(12-7-13-14)6-11-8-4-3-5-9(8)15-2/h7-9,11H,3-6H2,1-2H3. The zero-order chi connectivity index (χ0) is 10.7. The molecule has 0 spiro atoms. The lowest BCUT2D eigenvalue weighted by Gasteiger charge is -2.19. The van der Waals surface area contributed by atoms with Crippen molar-refractivity contribution in [3.05, 3.63) is 12.2 Å². The average molecular weight is 210 g/mol. The maximum atomic E-state index is 5.42. The summed E-state index contributed by atoms with van der Waals surface area (Å²) in [6, 6.07) is 0.465. The topological polar surface area (TPSA) is 52.0 Å². The van der Waals surface area contributed by atoms with Crippen LogP contribution in [0.25, 0.3) is 0 Å². The van der Waals surface area contributed by atoms with Gasteiger partial charge in [0.05, 0.1) is 12.6 Å². The number of rotatable bonds is 4. The number of nitrogens with one attached hydrogen (secondary N) is 1. The number of ether oxygens (including phenoxy) is 1. The third kappa shape index (κ3) is 2.35. The Morgan fingerprint density at radius 2 is 2.47 bits per heavy atom. The highest BCUT2D eigenvalue weighted by Gasteiger charge is 2.26. The minimum absolute atomic E-state index is 0.359. The molecule has 2 unspecified atom stereocenters. The lowest BCUT2D eigenvalue weighted by molar-refractivity contribution is 0.0844. The van der Waals surface area contributed by atoms with Gasteiger partial charge < -0.3 is 10.1 Å². The van der Waals surface area contributed by atoms with Crippen molar-refractivity contribution in [2.45, 2.75) is 38.0 Å². The number of aromatic nitrogens is 3. The third-order valence-corrected chi connectivity index (χ3v) is 3.08. The third-order valence-electron chi connectivity index (χ3n) is 3.08. The summed E-state index contributed by atoms with van der Waals surface area (Å²) in [6.45, 7) is 0.765. The smallest absolute Gasteiger partial charge is 0.140 e. The number of hydrogen-bond donors (Lipinski definition) is 1. The van der Waals surface area contributed by atoms with Crippen molar-refractivity contribution in [3.8, 4) is 0 Å². The first kappa shape index (κ1) is 10.6. The molecular weight excluding hydrogens is 192 g/mol. The summed E-state index contributed by atoms with van der Waals surface area (Å²) in [4.78, 5) is 4.18. The number of aryl methyl sites for hydroxylation is 1. The predicted octanol–water partition coefficient (Wildman–Crippen LogP) is 0.472. The van der Waals surface area contributed by atoms with Crippen molar-refractivity contribution >= 4 is 0 Å². The number of hydrogen-bond acceptors (Lipinski definition) is 4. The quantitative estimate of drug-likeness (QED) is 0.785. The second-order valence-corrected chi connectivity index (χ2v) is 3.99. The highest BCUT2D eigenvalue weighted by atomic mass is 16.5. The molecule has 0 saturated heterocycles. The molecule has 5 heteroatoms. The molecule has 0 radical (unpaired) electrons. The van der Waals surface area contributed by atoms with E-state index in [1.807, 2.05) is 7.05 Å². The Labute approximate surface area is 89.8 Å². The van der Waals surface area contributed by atoms with Crippen molar-refractivity contribution in [1.29, 1.82) is 0 Å². The zero-order valence-corrected chi connectivity index (χ0v) is 9.31. The Morgan fingerprint density at radius 3 is 3.13 bits per heavy atom. The molecule has 1 heterocycles. The largest absolute Gasteiger partial charge is 0.380 e. The van der Waals surface area contributed by atoms with E-state index in [0.717, 1.165) is 18.8 Å². The van der Waals surface area contributed by atoms with E-state index in [4.69, 9.17) is 4.74 Å². The first-order valence-electron chi connectivity index (χ1n) is 5.40. The van der Waals surface area contributed by atoms with Gasteiger partial charge in [-0.15, -0.1) is 0 Å². The van der Waals surface area contributed by atoms with E-state index < -0.39 is 0 Å². The van der Waals surface area contributed by atoms with E-state index >= 15 is 0 Å². The molecule has 1 aromatic rings. The Kier molecular flexibility index (Phi) is 3.33. The van der Waals surface area contributed by atoms with Crippen LogP contribution in [0.2, 0.25) is 0 Å². The van der Waals surface area contributed by atoms with E-state index in [2.05, 4.69) is 15.4 Å². The van der Waals surface area contributed by atoms with Crippen molar-refractivity contribution in [2.24, 2.45) is 7.05 Å². The normalized spacial score (nSPS) is 26.0. The Balaban J connectivity index is 1.85. The molecule has 1 saturated carbocycles. The summed E-state index contributed by atoms with van der Waals surface area (Å²) in [6.07, 6.45) is 5.54. The van der Waals surface area contributed by atoms with Gasteiger partial charge in [0.1, 0.15) is 12.2 Å². The van der Waals surface area contributed by atoms with E-state index in [9.17, 15) is 0 Å². The lowest BCUT2D eigenvalue weighted by atomic mass is 10.2. The second-order valence-electron chi connectivity index (χ2n) is 3.99. The number of methoxy groups -OCH3 is 1. The van der Waals surface area contributed by atoms with Gasteiger partial charge in [-0.3, -0.25) is 4.68 Å². The molecule has 0 aromatic carbocycles. The van der Waals surface area contributed by atoms with Crippen molar-refractivity contribution < 1.29 is 4.74 Å². The van der Waals surface area contributed by atoms with Crippen LogP contribution < -0.4 is 5.32 Å². The van der Waals surface area contributed by atoms with Gasteiger partial charge in [-0.05, 0) is 19.3 Å². The summed E-state index contributed by atoms with van der Waals surface area (Å²) >= 11 is 0. The SMILES string of the molecule is COC1CCCC1NCc1ncnn1C. The van der Waals surface area contributed by atoms with Gasteiger partial charge in [0.15, 0.2) is 0 Å². The molecule has 1 aliphatic rings. The van der Waals surface area contributed by atoms with Gasteiger partial charge in [0, 0.05) is 20.2 Å². The summed E-state index contributed by atoms with van der Waals surface area (Å²) in [5.74, 6) is 0.969. The Hall–Kier alpha value is -0.940. The molecule has 1 aliphatic carbocycles. The summed E-state index contributed by atoms with van der Waals surface area (Å²) < 4.78 is 7.21. The molecule has 0 aliphatic heterocycles. The lowest BCUT2D eigenvalue weighted by Crippen LogP contribution is -2.36. The summed E-state index contributed by atoms with van der Waals surface area (Å²) in [5, 5.41) is 7.51. The van der Waals surface area contributed by atoms with E-state index in [-0.39, 0.29) is 0 Å². The maximum absolute atomic E-state index is 5.42. The van der Waals surface area contributed by atoms with Crippen LogP contribution in [0.3, 0.4) is 0 Å². The molecule has 0 bridgehead atoms. The van der Waals surface area contributed by atoms with Gasteiger partial charge in [-0.1, -0.05) is 0 Å². The Bertz CT molecular complexity index is 312. The first-order chi connectivity index (χ1) is 7.31. The molecule has 0 amide bonds. The van der Waals surface area contributed by atoms with Gasteiger partial charge in [-0.25, -0.2) is 4.98 Å². The van der Waals surface area contributed by atoms with Crippen molar-refractivity contribution in [2.75, 3.05) is 7.11 Å². The molecular formula is C10H18N4O. The fourth-order valence-corrected chi connectivity index (χ4v) is 2.14. The van der Waals surface area contributed by atoms with Crippen LogP contribution in [0.4, 0.5) is 0 Å². The van der Waals surface area contributed by atoms with E-state index in [1.165, 1.54) is 12.8 Å². The van der Waals surface area contributed by atoms with Crippen molar-refractivity contribution in [3.63, 3.8) is 0 Å². The van der Waals surface area contributed by atoms with Crippen LogP contribution in [0.1, 0.15) is 25.1 Å². The highest BCUT2D eigenvalue weighted by Crippen LogP contribution is 2.21. The zero-order valence-electron chi connectivity index (χ0n) is 9.31. The minimum Gasteiger partial charge on any atom is -0.380 e. The predicted molar refractivity (Wildman–Crippen MR) is 56.3 cm³/mol. The molecule has 84 valence electrons. The fourth-order valence-electron chi connectivity index (χ4n) is 2.14. The second kappa shape index (κ2) is 4.72. The summed E-state index contributed by atoms with van der Waals surface area (Å²) in [5.41, 5.74) is 0. The number of nitrogens with zero attached hydrogens (tertiary/aromatic N) is 3. The minimum atomic E-state index is 0.359.